The molecule has 1 unspecified atom stereocenters. The summed E-state index contributed by atoms with van der Waals surface area (Å²) in [6, 6.07) is 8.08. The minimum Gasteiger partial charge on any atom is -0.333 e. The molecule has 1 heterocycles. The summed E-state index contributed by atoms with van der Waals surface area (Å²) >= 11 is 5.91. The van der Waals surface area contributed by atoms with E-state index < -0.39 is 0 Å². The van der Waals surface area contributed by atoms with Gasteiger partial charge in [0.15, 0.2) is 0 Å². The first-order chi connectivity index (χ1) is 9.65. The Bertz CT molecular complexity index is 535. The number of likely N-dealkylation sites (N-methyl/N-ethyl adjacent to an activating group) is 1. The number of hydrogen-bond donors (Lipinski definition) is 1. The number of halogens is 1. The molecule has 5 heteroatoms. The number of nitrogens with zero attached hydrogens (tertiary/aromatic N) is 3. The molecule has 2 N–H and O–H groups in total. The topological polar surface area (TPSA) is 47.1 Å². The molecular weight excluding hydrogens is 272 g/mol. The first-order valence-corrected chi connectivity index (χ1v) is 7.18. The molecule has 0 saturated heterocycles. The van der Waals surface area contributed by atoms with Gasteiger partial charge >= 0.3 is 0 Å². The molecule has 2 aromatic rings. The molecule has 0 bridgehead atoms. The maximum absolute atomic E-state index is 5.96. The van der Waals surface area contributed by atoms with Crippen LogP contribution >= 0.6 is 11.6 Å². The highest BCUT2D eigenvalue weighted by Gasteiger charge is 2.19. The van der Waals surface area contributed by atoms with Crippen LogP contribution in [0.3, 0.4) is 0 Å². The van der Waals surface area contributed by atoms with E-state index in [-0.39, 0.29) is 6.04 Å². The van der Waals surface area contributed by atoms with Crippen molar-refractivity contribution in [3.8, 4) is 0 Å². The highest BCUT2D eigenvalue weighted by Crippen LogP contribution is 2.21. The van der Waals surface area contributed by atoms with Gasteiger partial charge in [-0.2, -0.15) is 0 Å². The van der Waals surface area contributed by atoms with Crippen LogP contribution < -0.4 is 5.73 Å². The van der Waals surface area contributed by atoms with Gasteiger partial charge in [-0.25, -0.2) is 4.98 Å². The average Bonchev–Trinajstić information content (AvgIpc) is 2.90. The summed E-state index contributed by atoms with van der Waals surface area (Å²) in [5, 5.41) is 0.760. The summed E-state index contributed by atoms with van der Waals surface area (Å²) in [7, 11) is 2.08. The Kier molecular flexibility index (Phi) is 5.17. The number of aryl methyl sites for hydroxylation is 1. The van der Waals surface area contributed by atoms with Crippen LogP contribution in [0.5, 0.6) is 0 Å². The van der Waals surface area contributed by atoms with E-state index in [4.69, 9.17) is 17.3 Å². The van der Waals surface area contributed by atoms with Gasteiger partial charge in [0.1, 0.15) is 0 Å². The minimum atomic E-state index is 0.160. The van der Waals surface area contributed by atoms with Gasteiger partial charge in [-0.1, -0.05) is 23.7 Å². The van der Waals surface area contributed by atoms with Gasteiger partial charge in [0.25, 0.3) is 0 Å². The summed E-state index contributed by atoms with van der Waals surface area (Å²) in [5.74, 6) is 0. The molecule has 0 amide bonds. The second-order valence-electron chi connectivity index (χ2n) is 4.90. The smallest absolute Gasteiger partial charge is 0.0948 e. The Labute approximate surface area is 125 Å². The van der Waals surface area contributed by atoms with Crippen molar-refractivity contribution in [3.63, 3.8) is 0 Å². The summed E-state index contributed by atoms with van der Waals surface area (Å²) < 4.78 is 2.13. The van der Waals surface area contributed by atoms with Crippen LogP contribution in [-0.4, -0.2) is 28.0 Å². The van der Waals surface area contributed by atoms with Crippen molar-refractivity contribution in [3.05, 3.63) is 53.1 Å². The summed E-state index contributed by atoms with van der Waals surface area (Å²) in [4.78, 5) is 6.47. The van der Waals surface area contributed by atoms with E-state index in [1.54, 1.807) is 0 Å². The zero-order valence-corrected chi connectivity index (χ0v) is 12.7. The molecule has 0 aliphatic heterocycles. The van der Waals surface area contributed by atoms with Gasteiger partial charge < -0.3 is 10.3 Å². The van der Waals surface area contributed by atoms with Crippen LogP contribution in [0.4, 0.5) is 0 Å². The third-order valence-electron chi connectivity index (χ3n) is 3.53. The van der Waals surface area contributed by atoms with E-state index in [1.807, 2.05) is 36.8 Å². The molecule has 0 aliphatic rings. The Balaban J connectivity index is 2.13. The Morgan fingerprint density at radius 2 is 2.05 bits per heavy atom. The van der Waals surface area contributed by atoms with Crippen molar-refractivity contribution < 1.29 is 0 Å². The monoisotopic (exact) mass is 292 g/mol. The fourth-order valence-corrected chi connectivity index (χ4v) is 2.51. The number of nitrogens with two attached hydrogens (primary N) is 1. The molecule has 2 rings (SSSR count). The minimum absolute atomic E-state index is 0.160. The molecule has 20 heavy (non-hydrogen) atoms. The van der Waals surface area contributed by atoms with Gasteiger partial charge in [-0.3, -0.25) is 4.90 Å². The van der Waals surface area contributed by atoms with Crippen molar-refractivity contribution in [2.45, 2.75) is 26.1 Å². The lowest BCUT2D eigenvalue weighted by atomic mass is 10.1. The lowest BCUT2D eigenvalue weighted by molar-refractivity contribution is 0.232. The van der Waals surface area contributed by atoms with Crippen molar-refractivity contribution in [2.75, 3.05) is 13.6 Å². The Morgan fingerprint density at radius 3 is 2.65 bits per heavy atom. The largest absolute Gasteiger partial charge is 0.333 e. The molecule has 0 radical (unpaired) electrons. The van der Waals surface area contributed by atoms with E-state index in [9.17, 15) is 0 Å². The lowest BCUT2D eigenvalue weighted by Gasteiger charge is -2.27. The quantitative estimate of drug-likeness (QED) is 0.890. The zero-order chi connectivity index (χ0) is 14.5. The van der Waals surface area contributed by atoms with Crippen LogP contribution in [0.25, 0.3) is 0 Å². The van der Waals surface area contributed by atoms with E-state index in [1.165, 1.54) is 5.56 Å². The van der Waals surface area contributed by atoms with Gasteiger partial charge in [0, 0.05) is 30.9 Å². The standard InChI is InChI=1S/C15H21ClN4/c1-3-20-11-18-9-15(20)14(8-17)19(2)10-12-4-6-13(16)7-5-12/h4-7,9,11,14H,3,8,10,17H2,1-2H3. The van der Waals surface area contributed by atoms with Crippen LogP contribution in [-0.2, 0) is 13.1 Å². The Hall–Kier alpha value is -1.36. The second-order valence-corrected chi connectivity index (χ2v) is 5.33. The van der Waals surface area contributed by atoms with Gasteiger partial charge in [0.05, 0.1) is 18.1 Å². The number of aromatic nitrogens is 2. The van der Waals surface area contributed by atoms with Crippen LogP contribution in [0.1, 0.15) is 24.2 Å². The Morgan fingerprint density at radius 1 is 1.35 bits per heavy atom. The molecule has 108 valence electrons. The van der Waals surface area contributed by atoms with Crippen molar-refractivity contribution in [1.29, 1.82) is 0 Å². The normalized spacial score (nSPS) is 12.8. The summed E-state index contributed by atoms with van der Waals surface area (Å²) in [6.07, 6.45) is 3.76. The highest BCUT2D eigenvalue weighted by atomic mass is 35.5. The predicted molar refractivity (Wildman–Crippen MR) is 82.6 cm³/mol. The van der Waals surface area contributed by atoms with E-state index in [0.29, 0.717) is 6.54 Å². The van der Waals surface area contributed by atoms with Crippen LogP contribution in [0, 0.1) is 0 Å². The molecule has 0 aliphatic carbocycles. The van der Waals surface area contributed by atoms with E-state index >= 15 is 0 Å². The summed E-state index contributed by atoms with van der Waals surface area (Å²) in [6.45, 7) is 4.41. The molecule has 1 aromatic heterocycles. The molecule has 0 fully saturated rings. The average molecular weight is 293 g/mol. The zero-order valence-electron chi connectivity index (χ0n) is 12.0. The first-order valence-electron chi connectivity index (χ1n) is 6.80. The third-order valence-corrected chi connectivity index (χ3v) is 3.78. The van der Waals surface area contributed by atoms with Crippen molar-refractivity contribution >= 4 is 11.6 Å². The van der Waals surface area contributed by atoms with Crippen molar-refractivity contribution in [2.24, 2.45) is 5.73 Å². The highest BCUT2D eigenvalue weighted by molar-refractivity contribution is 6.30. The molecule has 0 spiro atoms. The van der Waals surface area contributed by atoms with E-state index in [0.717, 1.165) is 23.8 Å². The maximum atomic E-state index is 5.96. The first kappa shape index (κ1) is 15.0. The summed E-state index contributed by atoms with van der Waals surface area (Å²) in [5.41, 5.74) is 8.34. The van der Waals surface area contributed by atoms with E-state index in [2.05, 4.69) is 28.4 Å². The van der Waals surface area contributed by atoms with Crippen molar-refractivity contribution in [1.82, 2.24) is 14.5 Å². The molecule has 0 saturated carbocycles. The van der Waals surface area contributed by atoms with Gasteiger partial charge in [-0.05, 0) is 31.7 Å². The van der Waals surface area contributed by atoms with Crippen LogP contribution in [0.2, 0.25) is 5.02 Å². The predicted octanol–water partition coefficient (Wildman–Crippen LogP) is 2.69. The lowest BCUT2D eigenvalue weighted by Crippen LogP contribution is -2.31. The van der Waals surface area contributed by atoms with Crippen LogP contribution in [0.15, 0.2) is 36.8 Å². The number of hydrogen-bond acceptors (Lipinski definition) is 3. The third kappa shape index (κ3) is 3.39. The molecule has 1 atom stereocenters. The number of benzene rings is 1. The molecular formula is C15H21ClN4. The number of imidazole rings is 1. The maximum Gasteiger partial charge on any atom is 0.0948 e. The molecule has 4 nitrogen and oxygen atoms in total. The fourth-order valence-electron chi connectivity index (χ4n) is 2.39. The fraction of sp³-hybridized carbons (Fsp3) is 0.400. The molecule has 1 aromatic carbocycles. The number of rotatable bonds is 6. The van der Waals surface area contributed by atoms with Gasteiger partial charge in [0.2, 0.25) is 0 Å². The second kappa shape index (κ2) is 6.88. The SMILES string of the molecule is CCn1cncc1C(CN)N(C)Cc1ccc(Cl)cc1. The van der Waals surface area contributed by atoms with Gasteiger partial charge in [-0.15, -0.1) is 0 Å².